The van der Waals surface area contributed by atoms with Crippen molar-refractivity contribution in [3.05, 3.63) is 96.1 Å². The lowest BCUT2D eigenvalue weighted by atomic mass is 9.91. The molecule has 1 amide bonds. The number of pyridine rings is 1. The summed E-state index contributed by atoms with van der Waals surface area (Å²) in [5, 5.41) is 24.0. The fourth-order valence-electron chi connectivity index (χ4n) is 6.29. The molecule has 0 aliphatic carbocycles. The largest absolute Gasteiger partial charge is 0.494 e. The molecule has 0 saturated carbocycles. The van der Waals surface area contributed by atoms with Crippen LogP contribution in [0.25, 0.3) is 22.5 Å². The van der Waals surface area contributed by atoms with Gasteiger partial charge in [0.25, 0.3) is 0 Å². The Labute approximate surface area is 301 Å². The average molecular weight is 694 g/mol. The highest BCUT2D eigenvalue weighted by Crippen LogP contribution is 2.26. The number of ether oxygens (including phenoxy) is 1. The standard InChI is InChI=1S/C41H51N5O5/c1-5-6-7-8-9-23-51-33-19-16-29(17-20-33)32-26-43-37(44-27-32)30-14-12-28(13-15-30)24-34(39(48)46-22-10-11-35(46)40(49)50)45-38(47)31-18-21-36(42-25-31)41(2,3)4/h12-21,25-27,34-35,38,45,47H,5-11,22-24H2,1-4H3,(H,49,50)/t34-,35-,38?/m0/s1. The molecule has 2 aromatic carbocycles. The van der Waals surface area contributed by atoms with E-state index in [-0.39, 0.29) is 17.7 Å². The number of carbonyl (C=O) groups is 2. The predicted octanol–water partition coefficient (Wildman–Crippen LogP) is 7.12. The molecule has 10 heteroatoms. The molecule has 1 saturated heterocycles. The Kier molecular flexibility index (Phi) is 12.9. The fraction of sp³-hybridized carbons (Fsp3) is 0.439. The van der Waals surface area contributed by atoms with Crippen LogP contribution < -0.4 is 10.1 Å². The fourth-order valence-corrected chi connectivity index (χ4v) is 6.29. The number of amides is 1. The van der Waals surface area contributed by atoms with Gasteiger partial charge in [-0.25, -0.2) is 14.8 Å². The Hall–Kier alpha value is -4.67. The summed E-state index contributed by atoms with van der Waals surface area (Å²) in [5.41, 5.74) is 4.81. The molecule has 51 heavy (non-hydrogen) atoms. The van der Waals surface area contributed by atoms with Crippen LogP contribution in [0.5, 0.6) is 5.75 Å². The van der Waals surface area contributed by atoms with E-state index in [9.17, 15) is 19.8 Å². The number of carboxylic acid groups (broad SMARTS) is 1. The molecule has 2 aromatic heterocycles. The van der Waals surface area contributed by atoms with Crippen molar-refractivity contribution in [3.8, 4) is 28.3 Å². The molecular formula is C41H51N5O5. The van der Waals surface area contributed by atoms with Gasteiger partial charge >= 0.3 is 5.97 Å². The van der Waals surface area contributed by atoms with Crippen LogP contribution in [0.2, 0.25) is 0 Å². The van der Waals surface area contributed by atoms with E-state index in [1.165, 1.54) is 30.6 Å². The van der Waals surface area contributed by atoms with Gasteiger partial charge in [-0.1, -0.05) is 95.8 Å². The zero-order valence-electron chi connectivity index (χ0n) is 30.2. The Morgan fingerprint density at radius 2 is 1.57 bits per heavy atom. The van der Waals surface area contributed by atoms with Crippen molar-refractivity contribution in [1.29, 1.82) is 0 Å². The molecule has 3 heterocycles. The number of nitrogens with one attached hydrogen (secondary N) is 1. The van der Waals surface area contributed by atoms with Gasteiger partial charge in [-0.15, -0.1) is 0 Å². The van der Waals surface area contributed by atoms with Crippen LogP contribution >= 0.6 is 0 Å². The maximum Gasteiger partial charge on any atom is 0.326 e. The van der Waals surface area contributed by atoms with E-state index in [1.807, 2.05) is 54.6 Å². The molecule has 0 bridgehead atoms. The van der Waals surface area contributed by atoms with Gasteiger partial charge < -0.3 is 19.8 Å². The van der Waals surface area contributed by atoms with Gasteiger partial charge in [0, 0.05) is 52.9 Å². The molecule has 1 fully saturated rings. The van der Waals surface area contributed by atoms with E-state index in [2.05, 4.69) is 48.0 Å². The van der Waals surface area contributed by atoms with Gasteiger partial charge in [0.05, 0.1) is 12.6 Å². The SMILES string of the molecule is CCCCCCCOc1ccc(-c2cnc(-c3ccc(C[C@H](NC(O)c4ccc(C(C)(C)C)nc4)C(=O)N4CCC[C@H]4C(=O)O)cc3)nc2)cc1. The second kappa shape index (κ2) is 17.5. The number of benzene rings is 2. The molecule has 5 rings (SSSR count). The van der Waals surface area contributed by atoms with Gasteiger partial charge in [-0.3, -0.25) is 15.1 Å². The minimum Gasteiger partial charge on any atom is -0.494 e. The van der Waals surface area contributed by atoms with Crippen LogP contribution in [0.1, 0.15) is 95.7 Å². The molecule has 3 atom stereocenters. The number of aliphatic hydroxyl groups is 1. The first-order valence-corrected chi connectivity index (χ1v) is 18.1. The molecular weight excluding hydrogens is 642 g/mol. The van der Waals surface area contributed by atoms with Crippen LogP contribution in [0, 0.1) is 0 Å². The highest BCUT2D eigenvalue weighted by atomic mass is 16.5. The number of aromatic nitrogens is 3. The first-order valence-electron chi connectivity index (χ1n) is 18.1. The molecule has 270 valence electrons. The maximum absolute atomic E-state index is 13.8. The Morgan fingerprint density at radius 1 is 0.882 bits per heavy atom. The summed E-state index contributed by atoms with van der Waals surface area (Å²) < 4.78 is 5.90. The van der Waals surface area contributed by atoms with E-state index in [1.54, 1.807) is 24.7 Å². The highest BCUT2D eigenvalue weighted by Gasteiger charge is 2.37. The lowest BCUT2D eigenvalue weighted by molar-refractivity contribution is -0.149. The van der Waals surface area contributed by atoms with Crippen LogP contribution in [-0.4, -0.2) is 67.2 Å². The molecule has 0 radical (unpaired) electrons. The summed E-state index contributed by atoms with van der Waals surface area (Å²) in [5.74, 6) is 0.0479. The Morgan fingerprint density at radius 3 is 2.20 bits per heavy atom. The van der Waals surface area contributed by atoms with Crippen molar-refractivity contribution >= 4 is 11.9 Å². The number of rotatable bonds is 16. The summed E-state index contributed by atoms with van der Waals surface area (Å²) in [6.07, 6.45) is 11.3. The zero-order valence-corrected chi connectivity index (χ0v) is 30.2. The van der Waals surface area contributed by atoms with Gasteiger partial charge in [0.1, 0.15) is 18.0 Å². The van der Waals surface area contributed by atoms with Crippen molar-refractivity contribution in [2.75, 3.05) is 13.2 Å². The lowest BCUT2D eigenvalue weighted by Crippen LogP contribution is -2.52. The van der Waals surface area contributed by atoms with Crippen LogP contribution in [-0.2, 0) is 21.4 Å². The summed E-state index contributed by atoms with van der Waals surface area (Å²) in [6, 6.07) is 17.5. The summed E-state index contributed by atoms with van der Waals surface area (Å²) in [7, 11) is 0. The lowest BCUT2D eigenvalue weighted by Gasteiger charge is -2.29. The number of carbonyl (C=O) groups excluding carboxylic acids is 1. The molecule has 1 aliphatic heterocycles. The summed E-state index contributed by atoms with van der Waals surface area (Å²) in [4.78, 5) is 40.9. The molecule has 4 aromatic rings. The summed E-state index contributed by atoms with van der Waals surface area (Å²) >= 11 is 0. The number of hydrogen-bond acceptors (Lipinski definition) is 8. The number of likely N-dealkylation sites (tertiary alicyclic amines) is 1. The topological polar surface area (TPSA) is 138 Å². The number of aliphatic hydroxyl groups excluding tert-OH is 1. The Bertz CT molecular complexity index is 1700. The number of carboxylic acids is 1. The minimum atomic E-state index is -1.18. The average Bonchev–Trinajstić information content (AvgIpc) is 3.64. The van der Waals surface area contributed by atoms with E-state index in [4.69, 9.17) is 4.74 Å². The summed E-state index contributed by atoms with van der Waals surface area (Å²) in [6.45, 7) is 9.48. The first kappa shape index (κ1) is 37.6. The second-order valence-corrected chi connectivity index (χ2v) is 14.4. The minimum absolute atomic E-state index is 0.148. The quantitative estimate of drug-likeness (QED) is 0.0827. The van der Waals surface area contributed by atoms with Gasteiger partial charge in [0.2, 0.25) is 5.91 Å². The van der Waals surface area contributed by atoms with Crippen molar-refractivity contribution in [1.82, 2.24) is 25.2 Å². The van der Waals surface area contributed by atoms with E-state index < -0.39 is 24.3 Å². The first-order chi connectivity index (χ1) is 24.5. The van der Waals surface area contributed by atoms with Crippen molar-refractivity contribution in [2.45, 2.75) is 103 Å². The normalized spacial score (nSPS) is 15.8. The number of aliphatic carboxylic acids is 1. The number of nitrogens with zero attached hydrogens (tertiary/aromatic N) is 4. The van der Waals surface area contributed by atoms with Gasteiger partial charge in [-0.05, 0) is 55.0 Å². The maximum atomic E-state index is 13.8. The molecule has 10 nitrogen and oxygen atoms in total. The van der Waals surface area contributed by atoms with Crippen LogP contribution in [0.15, 0.2) is 79.3 Å². The van der Waals surface area contributed by atoms with E-state index in [0.717, 1.165) is 46.7 Å². The highest BCUT2D eigenvalue weighted by molar-refractivity contribution is 5.88. The van der Waals surface area contributed by atoms with Crippen molar-refractivity contribution < 1.29 is 24.5 Å². The second-order valence-electron chi connectivity index (χ2n) is 14.4. The monoisotopic (exact) mass is 693 g/mol. The van der Waals surface area contributed by atoms with Gasteiger partial charge in [0.15, 0.2) is 5.82 Å². The van der Waals surface area contributed by atoms with Crippen molar-refractivity contribution in [2.24, 2.45) is 0 Å². The molecule has 1 aliphatic rings. The number of hydrogen-bond donors (Lipinski definition) is 3. The van der Waals surface area contributed by atoms with E-state index >= 15 is 0 Å². The van der Waals surface area contributed by atoms with Crippen LogP contribution in [0.4, 0.5) is 0 Å². The third kappa shape index (κ3) is 10.2. The smallest absolute Gasteiger partial charge is 0.326 e. The zero-order chi connectivity index (χ0) is 36.4. The van der Waals surface area contributed by atoms with Crippen LogP contribution in [0.3, 0.4) is 0 Å². The molecule has 0 spiro atoms. The molecule has 3 N–H and O–H groups in total. The van der Waals surface area contributed by atoms with Crippen molar-refractivity contribution in [3.63, 3.8) is 0 Å². The third-order valence-corrected chi connectivity index (χ3v) is 9.36. The van der Waals surface area contributed by atoms with Gasteiger partial charge in [-0.2, -0.15) is 0 Å². The predicted molar refractivity (Wildman–Crippen MR) is 198 cm³/mol. The number of unbranched alkanes of at least 4 members (excludes halogenated alkanes) is 4. The molecule has 1 unspecified atom stereocenters. The third-order valence-electron chi connectivity index (χ3n) is 9.36. The Balaban J connectivity index is 1.24. The van der Waals surface area contributed by atoms with E-state index in [0.29, 0.717) is 30.8 Å².